The summed E-state index contributed by atoms with van der Waals surface area (Å²) in [6.07, 6.45) is 1.10. The third kappa shape index (κ3) is 4.81. The smallest absolute Gasteiger partial charge is 0.251 e. The third-order valence-electron chi connectivity index (χ3n) is 4.99. The molecule has 0 spiro atoms. The lowest BCUT2D eigenvalue weighted by Gasteiger charge is -2.20. The highest BCUT2D eigenvalue weighted by molar-refractivity contribution is 7.22. The molecule has 1 N–H and O–H groups in total. The van der Waals surface area contributed by atoms with Crippen molar-refractivity contribution in [3.63, 3.8) is 0 Å². The lowest BCUT2D eigenvalue weighted by molar-refractivity contribution is -0.117. The summed E-state index contributed by atoms with van der Waals surface area (Å²) in [5.74, 6) is -0.302. The number of para-hydroxylation sites is 1. The summed E-state index contributed by atoms with van der Waals surface area (Å²) in [4.78, 5) is 31.8. The standard InChI is InChI=1S/C25H23N3O2S/c1-2-18-12-14-20(15-13-18)28(25-27-21-10-6-7-11-22(21)31-25)23(29)16-17-26-24(30)19-8-4-3-5-9-19/h3-15H,2,16-17H2,1H3,(H,26,30). The zero-order valence-electron chi connectivity index (χ0n) is 17.2. The van der Waals surface area contributed by atoms with Gasteiger partial charge in [-0.3, -0.25) is 14.5 Å². The largest absolute Gasteiger partial charge is 0.352 e. The Balaban J connectivity index is 1.54. The SMILES string of the molecule is CCc1ccc(N(C(=O)CCNC(=O)c2ccccc2)c2nc3ccccc3s2)cc1. The van der Waals surface area contributed by atoms with Crippen LogP contribution in [0.15, 0.2) is 78.9 Å². The van der Waals surface area contributed by atoms with E-state index >= 15 is 0 Å². The van der Waals surface area contributed by atoms with E-state index in [1.165, 1.54) is 16.9 Å². The summed E-state index contributed by atoms with van der Waals surface area (Å²) in [7, 11) is 0. The molecule has 2 amide bonds. The monoisotopic (exact) mass is 429 g/mol. The second kappa shape index (κ2) is 9.53. The first-order valence-corrected chi connectivity index (χ1v) is 11.1. The Labute approximate surface area is 185 Å². The third-order valence-corrected chi connectivity index (χ3v) is 6.01. The first-order chi connectivity index (χ1) is 15.2. The van der Waals surface area contributed by atoms with E-state index in [0.717, 1.165) is 22.3 Å². The number of nitrogens with one attached hydrogen (secondary N) is 1. The number of aryl methyl sites for hydroxylation is 1. The fourth-order valence-electron chi connectivity index (χ4n) is 3.28. The van der Waals surface area contributed by atoms with Crippen LogP contribution in [-0.2, 0) is 11.2 Å². The van der Waals surface area contributed by atoms with Crippen molar-refractivity contribution in [1.82, 2.24) is 10.3 Å². The molecule has 5 nitrogen and oxygen atoms in total. The molecule has 0 bridgehead atoms. The van der Waals surface area contributed by atoms with E-state index in [-0.39, 0.29) is 24.8 Å². The van der Waals surface area contributed by atoms with E-state index < -0.39 is 0 Å². The molecule has 0 aliphatic rings. The van der Waals surface area contributed by atoms with Gasteiger partial charge in [-0.15, -0.1) is 0 Å². The molecule has 0 aliphatic carbocycles. The van der Waals surface area contributed by atoms with Gasteiger partial charge in [0.05, 0.1) is 15.9 Å². The van der Waals surface area contributed by atoms with Gasteiger partial charge in [0, 0.05) is 18.5 Å². The zero-order valence-corrected chi connectivity index (χ0v) is 18.1. The Bertz CT molecular complexity index is 1150. The Morgan fingerprint density at radius 2 is 1.65 bits per heavy atom. The average Bonchev–Trinajstić information content (AvgIpc) is 3.23. The van der Waals surface area contributed by atoms with Gasteiger partial charge in [-0.05, 0) is 48.4 Å². The van der Waals surface area contributed by atoms with Crippen molar-refractivity contribution in [2.75, 3.05) is 11.4 Å². The molecule has 1 heterocycles. The number of nitrogens with zero attached hydrogens (tertiary/aromatic N) is 2. The van der Waals surface area contributed by atoms with Gasteiger partial charge in [-0.1, -0.05) is 60.7 Å². The minimum Gasteiger partial charge on any atom is -0.352 e. The topological polar surface area (TPSA) is 62.3 Å². The van der Waals surface area contributed by atoms with Crippen molar-refractivity contribution in [1.29, 1.82) is 0 Å². The van der Waals surface area contributed by atoms with Crippen LogP contribution in [0.5, 0.6) is 0 Å². The molecule has 0 radical (unpaired) electrons. The van der Waals surface area contributed by atoms with Gasteiger partial charge in [0.2, 0.25) is 5.91 Å². The van der Waals surface area contributed by atoms with E-state index in [1.54, 1.807) is 17.0 Å². The van der Waals surface area contributed by atoms with Crippen LogP contribution in [0, 0.1) is 0 Å². The number of hydrogen-bond acceptors (Lipinski definition) is 4. The number of thiazole rings is 1. The Hall–Kier alpha value is -3.51. The highest BCUT2D eigenvalue weighted by Gasteiger charge is 2.22. The Morgan fingerprint density at radius 1 is 0.935 bits per heavy atom. The molecule has 0 fully saturated rings. The van der Waals surface area contributed by atoms with Crippen molar-refractivity contribution in [2.24, 2.45) is 0 Å². The van der Waals surface area contributed by atoms with Gasteiger partial charge in [0.15, 0.2) is 5.13 Å². The van der Waals surface area contributed by atoms with Crippen LogP contribution >= 0.6 is 11.3 Å². The number of hydrogen-bond donors (Lipinski definition) is 1. The van der Waals surface area contributed by atoms with Crippen LogP contribution in [0.4, 0.5) is 10.8 Å². The number of rotatable bonds is 7. The van der Waals surface area contributed by atoms with Crippen molar-refractivity contribution in [2.45, 2.75) is 19.8 Å². The highest BCUT2D eigenvalue weighted by Crippen LogP contribution is 2.34. The second-order valence-electron chi connectivity index (χ2n) is 7.09. The summed E-state index contributed by atoms with van der Waals surface area (Å²) in [5, 5.41) is 3.46. The molecule has 0 atom stereocenters. The maximum Gasteiger partial charge on any atom is 0.251 e. The molecule has 0 aliphatic heterocycles. The summed E-state index contributed by atoms with van der Waals surface area (Å²) < 4.78 is 1.03. The molecular formula is C25H23N3O2S. The molecule has 31 heavy (non-hydrogen) atoms. The molecule has 1 aromatic heterocycles. The molecule has 0 saturated heterocycles. The van der Waals surface area contributed by atoms with Crippen LogP contribution in [0.2, 0.25) is 0 Å². The Morgan fingerprint density at radius 3 is 2.35 bits per heavy atom. The Kier molecular flexibility index (Phi) is 6.38. The highest BCUT2D eigenvalue weighted by atomic mass is 32.1. The molecule has 4 rings (SSSR count). The number of aromatic nitrogens is 1. The minimum absolute atomic E-state index is 0.114. The van der Waals surface area contributed by atoms with E-state index in [4.69, 9.17) is 0 Å². The molecule has 6 heteroatoms. The first-order valence-electron chi connectivity index (χ1n) is 10.3. The lowest BCUT2D eigenvalue weighted by atomic mass is 10.1. The molecule has 3 aromatic carbocycles. The maximum absolute atomic E-state index is 13.2. The zero-order chi connectivity index (χ0) is 21.6. The van der Waals surface area contributed by atoms with Crippen molar-refractivity contribution in [3.05, 3.63) is 90.0 Å². The maximum atomic E-state index is 13.2. The first kappa shape index (κ1) is 20.8. The number of fused-ring (bicyclic) bond motifs is 1. The molecule has 4 aromatic rings. The van der Waals surface area contributed by atoms with Crippen LogP contribution in [-0.4, -0.2) is 23.3 Å². The average molecular weight is 430 g/mol. The van der Waals surface area contributed by atoms with Crippen LogP contribution < -0.4 is 10.2 Å². The summed E-state index contributed by atoms with van der Waals surface area (Å²) >= 11 is 1.48. The fraction of sp³-hybridized carbons (Fsp3) is 0.160. The number of carbonyl (C=O) groups is 2. The number of amides is 2. The minimum atomic E-state index is -0.188. The number of anilines is 2. The second-order valence-corrected chi connectivity index (χ2v) is 8.09. The van der Waals surface area contributed by atoms with Gasteiger partial charge in [-0.25, -0.2) is 4.98 Å². The molecule has 156 valence electrons. The quantitative estimate of drug-likeness (QED) is 0.431. The van der Waals surface area contributed by atoms with Crippen molar-refractivity contribution >= 4 is 44.2 Å². The van der Waals surface area contributed by atoms with E-state index in [1.807, 2.05) is 66.7 Å². The lowest BCUT2D eigenvalue weighted by Crippen LogP contribution is -2.31. The van der Waals surface area contributed by atoms with Crippen molar-refractivity contribution in [3.8, 4) is 0 Å². The van der Waals surface area contributed by atoms with E-state index in [2.05, 4.69) is 17.2 Å². The predicted molar refractivity (Wildman–Crippen MR) is 126 cm³/mol. The van der Waals surface area contributed by atoms with Crippen molar-refractivity contribution < 1.29 is 9.59 Å². The summed E-state index contributed by atoms with van der Waals surface area (Å²) in [6, 6.07) is 24.8. The normalized spacial score (nSPS) is 10.7. The summed E-state index contributed by atoms with van der Waals surface area (Å²) in [6.45, 7) is 2.35. The van der Waals surface area contributed by atoms with E-state index in [9.17, 15) is 9.59 Å². The number of benzene rings is 3. The molecular weight excluding hydrogens is 406 g/mol. The van der Waals surface area contributed by atoms with E-state index in [0.29, 0.717) is 10.7 Å². The predicted octanol–water partition coefficient (Wildman–Crippen LogP) is 5.34. The van der Waals surface area contributed by atoms with Crippen LogP contribution in [0.3, 0.4) is 0 Å². The van der Waals surface area contributed by atoms with Crippen LogP contribution in [0.1, 0.15) is 29.3 Å². The van der Waals surface area contributed by atoms with Gasteiger partial charge >= 0.3 is 0 Å². The van der Waals surface area contributed by atoms with Crippen LogP contribution in [0.25, 0.3) is 10.2 Å². The van der Waals surface area contributed by atoms with Gasteiger partial charge in [0.25, 0.3) is 5.91 Å². The molecule has 0 unspecified atom stereocenters. The molecule has 0 saturated carbocycles. The van der Waals surface area contributed by atoms with Gasteiger partial charge in [0.1, 0.15) is 0 Å². The fourth-order valence-corrected chi connectivity index (χ4v) is 4.29. The summed E-state index contributed by atoms with van der Waals surface area (Å²) in [5.41, 5.74) is 3.42. The van der Waals surface area contributed by atoms with Gasteiger partial charge in [-0.2, -0.15) is 0 Å². The van der Waals surface area contributed by atoms with Gasteiger partial charge < -0.3 is 5.32 Å². The number of carbonyl (C=O) groups excluding carboxylic acids is 2.